The highest BCUT2D eigenvalue weighted by Crippen LogP contribution is 2.24. The van der Waals surface area contributed by atoms with Gasteiger partial charge in [0, 0.05) is 37.3 Å². The van der Waals surface area contributed by atoms with E-state index in [4.69, 9.17) is 4.74 Å². The molecule has 1 heterocycles. The van der Waals surface area contributed by atoms with Crippen molar-refractivity contribution in [3.05, 3.63) is 61.0 Å². The zero-order chi connectivity index (χ0) is 20.8. The molecule has 0 bridgehead atoms. The number of carbonyl (C=O) groups is 1. The highest BCUT2D eigenvalue weighted by atomic mass is 79.9. The number of ether oxygens (including phenoxy) is 1. The fourth-order valence-corrected chi connectivity index (χ4v) is 3.92. The van der Waals surface area contributed by atoms with Gasteiger partial charge in [0.2, 0.25) is 5.43 Å². The van der Waals surface area contributed by atoms with Crippen LogP contribution in [0.2, 0.25) is 0 Å². The van der Waals surface area contributed by atoms with Crippen molar-refractivity contribution < 1.29 is 9.53 Å². The molecular weight excluding hydrogens is 420 g/mol. The van der Waals surface area contributed by atoms with Crippen LogP contribution in [0.25, 0.3) is 0 Å². The quantitative estimate of drug-likeness (QED) is 0.598. The second kappa shape index (κ2) is 10.0. The van der Waals surface area contributed by atoms with E-state index in [9.17, 15) is 9.59 Å². The van der Waals surface area contributed by atoms with E-state index in [2.05, 4.69) is 25.8 Å². The van der Waals surface area contributed by atoms with Crippen LogP contribution in [0.3, 0.4) is 0 Å². The lowest BCUT2D eigenvalue weighted by atomic mass is 10.0. The smallest absolute Gasteiger partial charge is 0.261 e. The van der Waals surface area contributed by atoms with Crippen LogP contribution in [0.5, 0.6) is 0 Å². The zero-order valence-corrected chi connectivity index (χ0v) is 18.9. The van der Waals surface area contributed by atoms with Gasteiger partial charge in [-0.3, -0.25) is 9.59 Å². The van der Waals surface area contributed by atoms with Gasteiger partial charge in [0.15, 0.2) is 0 Å². The number of hydrogen-bond donors (Lipinski definition) is 1. The predicted octanol–water partition coefficient (Wildman–Crippen LogP) is 4.64. The Hall–Kier alpha value is -1.92. The topological polar surface area (TPSA) is 60.3 Å². The molecule has 0 radical (unpaired) electrons. The van der Waals surface area contributed by atoms with Gasteiger partial charge in [-0.15, -0.1) is 0 Å². The van der Waals surface area contributed by atoms with E-state index in [0.717, 1.165) is 41.0 Å². The van der Waals surface area contributed by atoms with Gasteiger partial charge >= 0.3 is 0 Å². The first kappa shape index (κ1) is 22.4. The van der Waals surface area contributed by atoms with Crippen molar-refractivity contribution in [2.24, 2.45) is 0 Å². The Balaban J connectivity index is 2.55. The molecule has 5 nitrogen and oxygen atoms in total. The number of amides is 1. The predicted molar refractivity (Wildman–Crippen MR) is 118 cm³/mol. The Morgan fingerprint density at radius 2 is 1.93 bits per heavy atom. The first-order chi connectivity index (χ1) is 13.4. The number of aryl methyl sites for hydroxylation is 2. The number of nitrogens with zero attached hydrogens (tertiary/aromatic N) is 1. The van der Waals surface area contributed by atoms with Gasteiger partial charge in [0.25, 0.3) is 5.91 Å². The van der Waals surface area contributed by atoms with E-state index in [1.54, 1.807) is 7.11 Å². The van der Waals surface area contributed by atoms with Gasteiger partial charge in [-0.25, -0.2) is 0 Å². The molecule has 152 valence electrons. The van der Waals surface area contributed by atoms with Crippen molar-refractivity contribution in [1.29, 1.82) is 0 Å². The summed E-state index contributed by atoms with van der Waals surface area (Å²) in [6.45, 7) is 9.19. The van der Waals surface area contributed by atoms with Crippen LogP contribution >= 0.6 is 15.9 Å². The number of para-hydroxylation sites is 1. The number of pyridine rings is 1. The maximum Gasteiger partial charge on any atom is 0.261 e. The summed E-state index contributed by atoms with van der Waals surface area (Å²) < 4.78 is 7.65. The molecule has 0 aliphatic carbocycles. The Kier molecular flexibility index (Phi) is 8.01. The maximum atomic E-state index is 13.2. The van der Waals surface area contributed by atoms with Gasteiger partial charge in [-0.05, 0) is 60.2 Å². The van der Waals surface area contributed by atoms with Gasteiger partial charge in [0.05, 0.1) is 4.47 Å². The van der Waals surface area contributed by atoms with Crippen LogP contribution < -0.4 is 10.7 Å². The van der Waals surface area contributed by atoms with E-state index in [-0.39, 0.29) is 16.9 Å². The summed E-state index contributed by atoms with van der Waals surface area (Å²) in [5, 5.41) is 3.00. The highest BCUT2D eigenvalue weighted by molar-refractivity contribution is 9.10. The molecular formula is C22H29BrN2O3. The molecule has 1 N–H and O–H groups in total. The van der Waals surface area contributed by atoms with Gasteiger partial charge < -0.3 is 14.6 Å². The maximum absolute atomic E-state index is 13.2. The van der Waals surface area contributed by atoms with E-state index in [1.165, 1.54) is 0 Å². The summed E-state index contributed by atoms with van der Waals surface area (Å²) in [6.07, 6.45) is 2.20. The summed E-state index contributed by atoms with van der Waals surface area (Å²) in [5.74, 6) is -0.355. The lowest BCUT2D eigenvalue weighted by Crippen LogP contribution is -2.30. The number of rotatable bonds is 8. The van der Waals surface area contributed by atoms with Gasteiger partial charge in [-0.2, -0.15) is 0 Å². The molecule has 0 atom stereocenters. The molecule has 2 aromatic rings. The number of carbonyl (C=O) groups excluding carboxylic acids is 1. The fraction of sp³-hybridized carbons (Fsp3) is 0.455. The number of nitrogens with one attached hydrogen (secondary N) is 1. The molecule has 0 saturated carbocycles. The van der Waals surface area contributed by atoms with Crippen LogP contribution in [0.15, 0.2) is 27.5 Å². The van der Waals surface area contributed by atoms with Gasteiger partial charge in [-0.1, -0.05) is 32.0 Å². The van der Waals surface area contributed by atoms with Crippen LogP contribution in [0.1, 0.15) is 53.1 Å². The van der Waals surface area contributed by atoms with E-state index < -0.39 is 0 Å². The van der Waals surface area contributed by atoms with Crippen LogP contribution in [-0.4, -0.2) is 24.2 Å². The zero-order valence-electron chi connectivity index (χ0n) is 17.3. The fourth-order valence-electron chi connectivity index (χ4n) is 3.51. The van der Waals surface area contributed by atoms with Crippen molar-refractivity contribution in [1.82, 2.24) is 4.57 Å². The molecule has 2 rings (SSSR count). The molecule has 6 heteroatoms. The SMILES string of the molecule is CCc1cccc(C)c1NC(=O)c1c(CC)n(CCCOC)c(C)c(Br)c1=O. The minimum atomic E-state index is -0.355. The van der Waals surface area contributed by atoms with Crippen molar-refractivity contribution in [2.45, 2.75) is 53.5 Å². The van der Waals surface area contributed by atoms with Crippen molar-refractivity contribution in [3.63, 3.8) is 0 Å². The Bertz CT molecular complexity index is 919. The second-order valence-electron chi connectivity index (χ2n) is 6.82. The molecule has 0 fully saturated rings. The van der Waals surface area contributed by atoms with Crippen LogP contribution in [0, 0.1) is 13.8 Å². The lowest BCUT2D eigenvalue weighted by Gasteiger charge is -2.21. The molecule has 1 amide bonds. The standard InChI is InChI=1S/C22H29BrN2O3/c1-6-16-11-8-10-14(3)20(16)24-22(27)18-17(7-2)25(12-9-13-28-5)15(4)19(23)21(18)26/h8,10-11H,6-7,9,12-13H2,1-5H3,(H,24,27). The highest BCUT2D eigenvalue weighted by Gasteiger charge is 2.23. The lowest BCUT2D eigenvalue weighted by molar-refractivity contribution is 0.102. The molecule has 0 spiro atoms. The van der Waals surface area contributed by atoms with Crippen molar-refractivity contribution in [3.8, 4) is 0 Å². The third-order valence-corrected chi connectivity index (χ3v) is 5.97. The summed E-state index contributed by atoms with van der Waals surface area (Å²) in [7, 11) is 1.67. The largest absolute Gasteiger partial charge is 0.385 e. The number of anilines is 1. The van der Waals surface area contributed by atoms with Crippen LogP contribution in [-0.2, 0) is 24.1 Å². The van der Waals surface area contributed by atoms with Gasteiger partial charge in [0.1, 0.15) is 5.56 Å². The number of methoxy groups -OCH3 is 1. The summed E-state index contributed by atoms with van der Waals surface area (Å²) in [6, 6.07) is 5.94. The van der Waals surface area contributed by atoms with Crippen molar-refractivity contribution in [2.75, 3.05) is 19.0 Å². The summed E-state index contributed by atoms with van der Waals surface area (Å²) >= 11 is 3.40. The first-order valence-electron chi connectivity index (χ1n) is 9.67. The number of hydrogen-bond acceptors (Lipinski definition) is 3. The molecule has 1 aromatic carbocycles. The number of benzene rings is 1. The Labute approximate surface area is 175 Å². The molecule has 0 saturated heterocycles. The third kappa shape index (κ3) is 4.55. The Morgan fingerprint density at radius 1 is 1.21 bits per heavy atom. The molecule has 0 aliphatic heterocycles. The summed E-state index contributed by atoms with van der Waals surface area (Å²) in [4.78, 5) is 26.2. The molecule has 0 aliphatic rings. The van der Waals surface area contributed by atoms with E-state index in [1.807, 2.05) is 45.9 Å². The normalized spacial score (nSPS) is 10.9. The monoisotopic (exact) mass is 448 g/mol. The van der Waals surface area contributed by atoms with E-state index >= 15 is 0 Å². The van der Waals surface area contributed by atoms with E-state index in [0.29, 0.717) is 24.0 Å². The number of halogens is 1. The Morgan fingerprint density at radius 3 is 2.54 bits per heavy atom. The average molecular weight is 449 g/mol. The second-order valence-corrected chi connectivity index (χ2v) is 7.61. The third-order valence-electron chi connectivity index (χ3n) is 5.03. The number of aromatic nitrogens is 1. The minimum Gasteiger partial charge on any atom is -0.385 e. The first-order valence-corrected chi connectivity index (χ1v) is 10.5. The van der Waals surface area contributed by atoms with Crippen molar-refractivity contribution >= 4 is 27.5 Å². The molecule has 1 aromatic heterocycles. The van der Waals surface area contributed by atoms with Crippen LogP contribution in [0.4, 0.5) is 5.69 Å². The minimum absolute atomic E-state index is 0.211. The average Bonchev–Trinajstić information content (AvgIpc) is 2.69. The molecule has 0 unspecified atom stereocenters. The summed E-state index contributed by atoms with van der Waals surface area (Å²) in [5.41, 5.74) is 4.36. The molecule has 28 heavy (non-hydrogen) atoms.